The predicted molar refractivity (Wildman–Crippen MR) is 90.0 cm³/mol. The fourth-order valence-corrected chi connectivity index (χ4v) is 2.52. The molecule has 0 spiro atoms. The zero-order valence-electron chi connectivity index (χ0n) is 12.8. The molecular weight excluding hydrogens is 272 g/mol. The lowest BCUT2D eigenvalue weighted by Gasteiger charge is -2.10. The van der Waals surface area contributed by atoms with Gasteiger partial charge in [-0.3, -0.25) is 9.78 Å². The minimum absolute atomic E-state index is 0.0230. The molecule has 3 aromatic rings. The number of amides is 1. The van der Waals surface area contributed by atoms with Crippen molar-refractivity contribution in [3.05, 3.63) is 71.4 Å². The minimum atomic E-state index is -0.0230. The lowest BCUT2D eigenvalue weighted by Crippen LogP contribution is -2.15. The SMILES string of the molecule is Cc1ccc2cccc(NC(=O)Cc3ccccc3C)c2n1. The molecule has 0 unspecified atom stereocenters. The number of carbonyl (C=O) groups excluding carboxylic acids is 1. The van der Waals surface area contributed by atoms with E-state index in [2.05, 4.69) is 10.3 Å². The number of nitrogens with zero attached hydrogens (tertiary/aromatic N) is 1. The van der Waals surface area contributed by atoms with Crippen molar-refractivity contribution in [2.75, 3.05) is 5.32 Å². The first kappa shape index (κ1) is 14.3. The summed E-state index contributed by atoms with van der Waals surface area (Å²) in [6.07, 6.45) is 0.370. The number of carbonyl (C=O) groups is 1. The van der Waals surface area contributed by atoms with E-state index in [1.807, 2.05) is 68.4 Å². The smallest absolute Gasteiger partial charge is 0.228 e. The molecule has 3 rings (SSSR count). The Hall–Kier alpha value is -2.68. The molecule has 1 amide bonds. The van der Waals surface area contributed by atoms with Crippen molar-refractivity contribution in [2.24, 2.45) is 0 Å². The van der Waals surface area contributed by atoms with Crippen molar-refractivity contribution in [2.45, 2.75) is 20.3 Å². The first-order valence-electron chi connectivity index (χ1n) is 7.34. The number of rotatable bonds is 3. The van der Waals surface area contributed by atoms with Gasteiger partial charge in [0.25, 0.3) is 0 Å². The third kappa shape index (κ3) is 2.98. The molecule has 110 valence electrons. The van der Waals surface area contributed by atoms with Gasteiger partial charge in [0.1, 0.15) is 0 Å². The number of pyridine rings is 1. The second-order valence-electron chi connectivity index (χ2n) is 5.48. The Kier molecular flexibility index (Phi) is 3.88. The van der Waals surface area contributed by atoms with Gasteiger partial charge in [0.05, 0.1) is 17.6 Å². The van der Waals surface area contributed by atoms with E-state index in [1.165, 1.54) is 0 Å². The number of para-hydroxylation sites is 1. The van der Waals surface area contributed by atoms with E-state index < -0.39 is 0 Å². The number of hydrogen-bond donors (Lipinski definition) is 1. The van der Waals surface area contributed by atoms with Gasteiger partial charge in [0, 0.05) is 11.1 Å². The molecule has 0 aliphatic carbocycles. The monoisotopic (exact) mass is 290 g/mol. The van der Waals surface area contributed by atoms with E-state index in [9.17, 15) is 4.79 Å². The van der Waals surface area contributed by atoms with Gasteiger partial charge < -0.3 is 5.32 Å². The summed E-state index contributed by atoms with van der Waals surface area (Å²) in [7, 11) is 0. The van der Waals surface area contributed by atoms with Gasteiger partial charge in [-0.1, -0.05) is 42.5 Å². The van der Waals surface area contributed by atoms with Crippen molar-refractivity contribution in [1.82, 2.24) is 4.98 Å². The lowest BCUT2D eigenvalue weighted by atomic mass is 10.1. The molecule has 1 N–H and O–H groups in total. The average molecular weight is 290 g/mol. The zero-order chi connectivity index (χ0) is 15.5. The molecular formula is C19H18N2O. The molecule has 1 heterocycles. The Morgan fingerprint density at radius 2 is 1.82 bits per heavy atom. The highest BCUT2D eigenvalue weighted by molar-refractivity contribution is 6.01. The zero-order valence-corrected chi connectivity index (χ0v) is 12.8. The van der Waals surface area contributed by atoms with Crippen LogP contribution in [0.1, 0.15) is 16.8 Å². The Bertz CT molecular complexity index is 840. The van der Waals surface area contributed by atoms with Gasteiger partial charge in [-0.15, -0.1) is 0 Å². The summed E-state index contributed by atoms with van der Waals surface area (Å²) in [5.41, 5.74) is 4.71. The molecule has 3 heteroatoms. The molecule has 0 radical (unpaired) electrons. The summed E-state index contributed by atoms with van der Waals surface area (Å²) in [5.74, 6) is -0.0230. The van der Waals surface area contributed by atoms with E-state index >= 15 is 0 Å². The molecule has 3 nitrogen and oxygen atoms in total. The largest absolute Gasteiger partial charge is 0.324 e. The molecule has 1 aromatic heterocycles. The maximum Gasteiger partial charge on any atom is 0.228 e. The number of fused-ring (bicyclic) bond motifs is 1. The van der Waals surface area contributed by atoms with Crippen molar-refractivity contribution >= 4 is 22.5 Å². The number of aromatic nitrogens is 1. The van der Waals surface area contributed by atoms with Gasteiger partial charge in [0.2, 0.25) is 5.91 Å². The van der Waals surface area contributed by atoms with Crippen LogP contribution in [-0.2, 0) is 11.2 Å². The minimum Gasteiger partial charge on any atom is -0.324 e. The fraction of sp³-hybridized carbons (Fsp3) is 0.158. The Morgan fingerprint density at radius 1 is 1.00 bits per heavy atom. The molecule has 0 saturated heterocycles. The molecule has 0 aliphatic rings. The van der Waals surface area contributed by atoms with Crippen LogP contribution in [0.2, 0.25) is 0 Å². The molecule has 0 atom stereocenters. The van der Waals surface area contributed by atoms with Crippen molar-refractivity contribution < 1.29 is 4.79 Å². The maximum absolute atomic E-state index is 12.3. The first-order valence-corrected chi connectivity index (χ1v) is 7.34. The van der Waals surface area contributed by atoms with Crippen LogP contribution in [0.4, 0.5) is 5.69 Å². The summed E-state index contributed by atoms with van der Waals surface area (Å²) in [6.45, 7) is 3.97. The third-order valence-corrected chi connectivity index (χ3v) is 3.75. The summed E-state index contributed by atoms with van der Waals surface area (Å²) >= 11 is 0. The predicted octanol–water partition coefficient (Wildman–Crippen LogP) is 4.03. The van der Waals surface area contributed by atoms with E-state index in [0.717, 1.165) is 33.4 Å². The van der Waals surface area contributed by atoms with Gasteiger partial charge in [-0.2, -0.15) is 0 Å². The average Bonchev–Trinajstić information content (AvgIpc) is 2.50. The number of anilines is 1. The quantitative estimate of drug-likeness (QED) is 0.791. The Morgan fingerprint density at radius 3 is 2.64 bits per heavy atom. The van der Waals surface area contributed by atoms with Crippen molar-refractivity contribution in [3.8, 4) is 0 Å². The van der Waals surface area contributed by atoms with Crippen LogP contribution in [0.25, 0.3) is 10.9 Å². The highest BCUT2D eigenvalue weighted by Crippen LogP contribution is 2.22. The summed E-state index contributed by atoms with van der Waals surface area (Å²) in [5, 5.41) is 4.01. The van der Waals surface area contributed by atoms with E-state index in [-0.39, 0.29) is 5.91 Å². The van der Waals surface area contributed by atoms with Gasteiger partial charge in [-0.25, -0.2) is 0 Å². The number of nitrogens with one attached hydrogen (secondary N) is 1. The van der Waals surface area contributed by atoms with Crippen LogP contribution in [0, 0.1) is 13.8 Å². The Labute approximate surface area is 130 Å². The number of aryl methyl sites for hydroxylation is 2. The summed E-state index contributed by atoms with van der Waals surface area (Å²) in [4.78, 5) is 16.9. The molecule has 2 aromatic carbocycles. The standard InChI is InChI=1S/C19H18N2O/c1-13-6-3-4-7-16(13)12-18(22)21-17-9-5-8-15-11-10-14(2)20-19(15)17/h3-11H,12H2,1-2H3,(H,21,22). The molecule has 0 saturated carbocycles. The maximum atomic E-state index is 12.3. The number of hydrogen-bond acceptors (Lipinski definition) is 2. The van der Waals surface area contributed by atoms with Crippen LogP contribution in [-0.4, -0.2) is 10.9 Å². The Balaban J connectivity index is 1.85. The van der Waals surface area contributed by atoms with Crippen LogP contribution in [0.5, 0.6) is 0 Å². The van der Waals surface area contributed by atoms with E-state index in [0.29, 0.717) is 6.42 Å². The lowest BCUT2D eigenvalue weighted by molar-refractivity contribution is -0.115. The van der Waals surface area contributed by atoms with Gasteiger partial charge >= 0.3 is 0 Å². The van der Waals surface area contributed by atoms with E-state index in [1.54, 1.807) is 0 Å². The second kappa shape index (κ2) is 5.98. The van der Waals surface area contributed by atoms with E-state index in [4.69, 9.17) is 0 Å². The van der Waals surface area contributed by atoms with Crippen LogP contribution < -0.4 is 5.32 Å². The summed E-state index contributed by atoms with van der Waals surface area (Å²) in [6, 6.07) is 17.8. The van der Waals surface area contributed by atoms with Crippen LogP contribution in [0.15, 0.2) is 54.6 Å². The first-order chi connectivity index (χ1) is 10.6. The second-order valence-corrected chi connectivity index (χ2v) is 5.48. The normalized spacial score (nSPS) is 10.6. The molecule has 22 heavy (non-hydrogen) atoms. The highest BCUT2D eigenvalue weighted by Gasteiger charge is 2.09. The topological polar surface area (TPSA) is 42.0 Å². The van der Waals surface area contributed by atoms with Crippen LogP contribution >= 0.6 is 0 Å². The van der Waals surface area contributed by atoms with Gasteiger partial charge in [0.15, 0.2) is 0 Å². The van der Waals surface area contributed by atoms with Crippen molar-refractivity contribution in [1.29, 1.82) is 0 Å². The highest BCUT2D eigenvalue weighted by atomic mass is 16.1. The third-order valence-electron chi connectivity index (χ3n) is 3.75. The van der Waals surface area contributed by atoms with Gasteiger partial charge in [-0.05, 0) is 37.1 Å². The fourth-order valence-electron chi connectivity index (χ4n) is 2.52. The molecule has 0 aliphatic heterocycles. The number of benzene rings is 2. The van der Waals surface area contributed by atoms with Crippen LogP contribution in [0.3, 0.4) is 0 Å². The molecule has 0 fully saturated rings. The molecule has 0 bridgehead atoms. The van der Waals surface area contributed by atoms with Crippen molar-refractivity contribution in [3.63, 3.8) is 0 Å². The summed E-state index contributed by atoms with van der Waals surface area (Å²) < 4.78 is 0.